The first-order valence-corrected chi connectivity index (χ1v) is 13.3. The van der Waals surface area contributed by atoms with Gasteiger partial charge in [0.25, 0.3) is 5.91 Å². The van der Waals surface area contributed by atoms with Crippen molar-refractivity contribution in [1.82, 2.24) is 10.2 Å². The maximum Gasteiger partial charge on any atom is 0.253 e. The van der Waals surface area contributed by atoms with E-state index >= 15 is 0 Å². The van der Waals surface area contributed by atoms with E-state index in [0.29, 0.717) is 17.8 Å². The Morgan fingerprint density at radius 1 is 1.06 bits per heavy atom. The third-order valence-corrected chi connectivity index (χ3v) is 7.10. The van der Waals surface area contributed by atoms with Gasteiger partial charge in [0.1, 0.15) is 6.54 Å². The summed E-state index contributed by atoms with van der Waals surface area (Å²) in [5, 5.41) is 3.51. The summed E-state index contributed by atoms with van der Waals surface area (Å²) in [6.45, 7) is 0.120. The molecule has 0 unspecified atom stereocenters. The van der Waals surface area contributed by atoms with E-state index in [2.05, 4.69) is 5.32 Å². The third kappa shape index (κ3) is 8.03. The molecule has 2 aromatic rings. The molecule has 0 fully saturated rings. The molecule has 2 aromatic carbocycles. The predicted octanol–water partition coefficient (Wildman–Crippen LogP) is 3.25. The van der Waals surface area contributed by atoms with E-state index in [1.807, 2.05) is 24.3 Å². The average Bonchev–Trinajstić information content (AvgIpc) is 2.74. The molecular formula is C22H28ClN3O4S2. The Bertz CT molecular complexity index is 1030. The molecule has 0 saturated carbocycles. The molecule has 10 heteroatoms. The van der Waals surface area contributed by atoms with E-state index < -0.39 is 10.0 Å². The van der Waals surface area contributed by atoms with Gasteiger partial charge in [-0.15, -0.1) is 0 Å². The number of nitrogens with zero attached hydrogens (tertiary/aromatic N) is 2. The first-order chi connectivity index (χ1) is 15.1. The average molecular weight is 498 g/mol. The minimum atomic E-state index is -3.68. The van der Waals surface area contributed by atoms with E-state index in [1.165, 1.54) is 17.0 Å². The maximum absolute atomic E-state index is 12.3. The lowest BCUT2D eigenvalue weighted by molar-refractivity contribution is -0.119. The number of rotatable bonds is 11. The fourth-order valence-electron chi connectivity index (χ4n) is 2.81. The van der Waals surface area contributed by atoms with Crippen LogP contribution in [0.2, 0.25) is 5.02 Å². The standard InChI is InChI=1S/C22H28ClN3O4S2/c1-25(2)22(28)17-9-11-19(12-10-17)26(32(3,29)30)15-21(27)24-13-6-14-31-16-18-7-4-5-8-20(18)23/h4-5,7-12H,6,13-16H2,1-3H3,(H,24,27). The maximum atomic E-state index is 12.3. The quantitative estimate of drug-likeness (QED) is 0.481. The molecule has 0 aliphatic heterocycles. The zero-order chi connectivity index (χ0) is 23.7. The molecule has 0 heterocycles. The second kappa shape index (κ2) is 12.1. The van der Waals surface area contributed by atoms with Crippen LogP contribution in [-0.2, 0) is 20.6 Å². The molecule has 0 spiro atoms. The number of sulfonamides is 1. The van der Waals surface area contributed by atoms with Crippen molar-refractivity contribution in [3.05, 3.63) is 64.7 Å². The molecule has 0 aliphatic rings. The van der Waals surface area contributed by atoms with Crippen molar-refractivity contribution in [2.75, 3.05) is 43.5 Å². The van der Waals surface area contributed by atoms with E-state index in [1.54, 1.807) is 38.0 Å². The molecule has 0 saturated heterocycles. The summed E-state index contributed by atoms with van der Waals surface area (Å²) < 4.78 is 25.5. The number of hydrogen-bond donors (Lipinski definition) is 1. The predicted molar refractivity (Wildman–Crippen MR) is 132 cm³/mol. The van der Waals surface area contributed by atoms with E-state index in [9.17, 15) is 18.0 Å². The molecule has 1 N–H and O–H groups in total. The molecule has 2 amide bonds. The summed E-state index contributed by atoms with van der Waals surface area (Å²) in [6.07, 6.45) is 1.80. The summed E-state index contributed by atoms with van der Waals surface area (Å²) in [6, 6.07) is 13.8. The third-order valence-electron chi connectivity index (χ3n) is 4.50. The topological polar surface area (TPSA) is 86.8 Å². The lowest BCUT2D eigenvalue weighted by Gasteiger charge is -2.22. The SMILES string of the molecule is CN(C)C(=O)c1ccc(N(CC(=O)NCCCSCc2ccccc2Cl)S(C)(=O)=O)cc1. The molecule has 2 rings (SSSR count). The van der Waals surface area contributed by atoms with Crippen molar-refractivity contribution in [3.8, 4) is 0 Å². The van der Waals surface area contributed by atoms with Gasteiger partial charge in [0.15, 0.2) is 0 Å². The molecule has 0 bridgehead atoms. The van der Waals surface area contributed by atoms with Gasteiger partial charge in [-0.25, -0.2) is 8.42 Å². The highest BCUT2D eigenvalue weighted by Crippen LogP contribution is 2.21. The number of carbonyl (C=O) groups excluding carboxylic acids is 2. The van der Waals surface area contributed by atoms with Crippen molar-refractivity contribution in [3.63, 3.8) is 0 Å². The second-order valence-corrected chi connectivity index (χ2v) is 10.8. The molecule has 0 radical (unpaired) electrons. The van der Waals surface area contributed by atoms with Crippen LogP contribution in [-0.4, -0.2) is 64.3 Å². The van der Waals surface area contributed by atoms with E-state index in [-0.39, 0.29) is 18.4 Å². The number of carbonyl (C=O) groups is 2. The Kier molecular flexibility index (Phi) is 9.86. The van der Waals surface area contributed by atoms with Gasteiger partial charge in [-0.3, -0.25) is 13.9 Å². The Balaban J connectivity index is 1.84. The van der Waals surface area contributed by atoms with Crippen molar-refractivity contribution in [1.29, 1.82) is 0 Å². The lowest BCUT2D eigenvalue weighted by atomic mass is 10.2. The number of amides is 2. The first-order valence-electron chi connectivity index (χ1n) is 9.97. The highest BCUT2D eigenvalue weighted by Gasteiger charge is 2.21. The first kappa shape index (κ1) is 26.0. The number of anilines is 1. The summed E-state index contributed by atoms with van der Waals surface area (Å²) in [5.41, 5.74) is 1.84. The van der Waals surface area contributed by atoms with Crippen molar-refractivity contribution in [2.45, 2.75) is 12.2 Å². The van der Waals surface area contributed by atoms with Crippen LogP contribution in [0.5, 0.6) is 0 Å². The number of hydrogen-bond acceptors (Lipinski definition) is 5. The number of benzene rings is 2. The van der Waals surface area contributed by atoms with E-state index in [4.69, 9.17) is 11.6 Å². The number of nitrogens with one attached hydrogen (secondary N) is 1. The van der Waals surface area contributed by atoms with Crippen LogP contribution in [0.4, 0.5) is 5.69 Å². The van der Waals surface area contributed by atoms with Crippen LogP contribution in [0, 0.1) is 0 Å². The summed E-state index contributed by atoms with van der Waals surface area (Å²) in [5.74, 6) is 1.05. The van der Waals surface area contributed by atoms with Crippen LogP contribution >= 0.6 is 23.4 Å². The number of halogens is 1. The van der Waals surface area contributed by atoms with Crippen molar-refractivity contribution >= 4 is 50.9 Å². The lowest BCUT2D eigenvalue weighted by Crippen LogP contribution is -2.40. The fourth-order valence-corrected chi connectivity index (χ4v) is 4.92. The smallest absolute Gasteiger partial charge is 0.253 e. The van der Waals surface area contributed by atoms with Crippen LogP contribution in [0.25, 0.3) is 0 Å². The van der Waals surface area contributed by atoms with Gasteiger partial charge in [0, 0.05) is 37.0 Å². The fraction of sp³-hybridized carbons (Fsp3) is 0.364. The summed E-state index contributed by atoms with van der Waals surface area (Å²) in [4.78, 5) is 25.8. The van der Waals surface area contributed by atoms with Crippen molar-refractivity contribution < 1.29 is 18.0 Å². The van der Waals surface area contributed by atoms with Gasteiger partial charge >= 0.3 is 0 Å². The zero-order valence-corrected chi connectivity index (χ0v) is 20.8. The highest BCUT2D eigenvalue weighted by molar-refractivity contribution is 7.98. The molecule has 174 valence electrons. The number of thioether (sulfide) groups is 1. The van der Waals surface area contributed by atoms with Gasteiger partial charge in [0.2, 0.25) is 15.9 Å². The highest BCUT2D eigenvalue weighted by atomic mass is 35.5. The second-order valence-electron chi connectivity index (χ2n) is 7.36. The van der Waals surface area contributed by atoms with Crippen molar-refractivity contribution in [2.24, 2.45) is 0 Å². The van der Waals surface area contributed by atoms with Gasteiger partial charge < -0.3 is 10.2 Å². The van der Waals surface area contributed by atoms with Crippen LogP contribution in [0.15, 0.2) is 48.5 Å². The Morgan fingerprint density at radius 3 is 2.31 bits per heavy atom. The molecule has 0 aromatic heterocycles. The van der Waals surface area contributed by atoms with Gasteiger partial charge in [-0.05, 0) is 48.1 Å². The summed E-state index contributed by atoms with van der Waals surface area (Å²) >= 11 is 7.86. The Labute approximate surface area is 199 Å². The normalized spacial score (nSPS) is 11.1. The van der Waals surface area contributed by atoms with Gasteiger partial charge in [0.05, 0.1) is 11.9 Å². The molecule has 7 nitrogen and oxygen atoms in total. The largest absolute Gasteiger partial charge is 0.354 e. The monoisotopic (exact) mass is 497 g/mol. The summed E-state index contributed by atoms with van der Waals surface area (Å²) in [7, 11) is -0.401. The minimum Gasteiger partial charge on any atom is -0.354 e. The van der Waals surface area contributed by atoms with Crippen LogP contribution < -0.4 is 9.62 Å². The molecule has 0 atom stereocenters. The Morgan fingerprint density at radius 2 is 1.72 bits per heavy atom. The zero-order valence-electron chi connectivity index (χ0n) is 18.4. The van der Waals surface area contributed by atoms with E-state index in [0.717, 1.165) is 39.1 Å². The van der Waals surface area contributed by atoms with Crippen LogP contribution in [0.1, 0.15) is 22.3 Å². The van der Waals surface area contributed by atoms with Gasteiger partial charge in [-0.2, -0.15) is 11.8 Å². The van der Waals surface area contributed by atoms with Crippen LogP contribution in [0.3, 0.4) is 0 Å². The molecular weight excluding hydrogens is 470 g/mol. The molecule has 32 heavy (non-hydrogen) atoms. The minimum absolute atomic E-state index is 0.187. The molecule has 0 aliphatic carbocycles. The Hall–Kier alpha value is -2.23. The van der Waals surface area contributed by atoms with Gasteiger partial charge in [-0.1, -0.05) is 29.8 Å².